The van der Waals surface area contributed by atoms with Gasteiger partial charge in [-0.2, -0.15) is 0 Å². The summed E-state index contributed by atoms with van der Waals surface area (Å²) < 4.78 is 2.48. The molecule has 3 aromatic heterocycles. The van der Waals surface area contributed by atoms with Crippen LogP contribution in [0.15, 0.2) is 188 Å². The van der Waals surface area contributed by atoms with Crippen molar-refractivity contribution in [2.75, 3.05) is 0 Å². The van der Waals surface area contributed by atoms with Gasteiger partial charge in [-0.15, -0.1) is 0 Å². The van der Waals surface area contributed by atoms with Crippen molar-refractivity contribution >= 4 is 43.4 Å². The summed E-state index contributed by atoms with van der Waals surface area (Å²) in [5.74, 6) is 0. The average Bonchev–Trinajstić information content (AvgIpc) is 3.54. The lowest BCUT2D eigenvalue weighted by atomic mass is 9.93. The fraction of sp³-hybridized carbons (Fsp3) is 0. The molecule has 51 heavy (non-hydrogen) atoms. The average molecular weight is 650 g/mol. The third-order valence-corrected chi connectivity index (χ3v) is 10.1. The van der Waals surface area contributed by atoms with Crippen molar-refractivity contribution in [3.63, 3.8) is 0 Å². The van der Waals surface area contributed by atoms with Crippen LogP contribution in [-0.2, 0) is 0 Å². The van der Waals surface area contributed by atoms with Gasteiger partial charge in [0.05, 0.1) is 28.1 Å². The highest BCUT2D eigenvalue weighted by Crippen LogP contribution is 2.43. The second-order valence-electron chi connectivity index (χ2n) is 13.0. The van der Waals surface area contributed by atoms with E-state index >= 15 is 0 Å². The first-order valence-corrected chi connectivity index (χ1v) is 17.3. The highest BCUT2D eigenvalue weighted by molar-refractivity contribution is 6.25. The third-order valence-electron chi connectivity index (χ3n) is 10.1. The minimum atomic E-state index is 0.975. The highest BCUT2D eigenvalue weighted by Gasteiger charge is 2.20. The van der Waals surface area contributed by atoms with Gasteiger partial charge in [0, 0.05) is 39.7 Å². The molecule has 10 aromatic rings. The van der Waals surface area contributed by atoms with Gasteiger partial charge in [-0.05, 0) is 80.9 Å². The van der Waals surface area contributed by atoms with Crippen molar-refractivity contribution in [1.82, 2.24) is 14.5 Å². The lowest BCUT2D eigenvalue weighted by Gasteiger charge is -2.14. The molecule has 0 aliphatic heterocycles. The SMILES string of the molecule is c1ccc(-c2ccc(-c3ccc4c5c6ccccc6c(-c6ccc(-c7ccccn7)cc6)cc5n(-c5cccc6ccccc56)c4c3)cc2)nc1. The monoisotopic (exact) mass is 649 g/mol. The molecule has 3 nitrogen and oxygen atoms in total. The van der Waals surface area contributed by atoms with Crippen molar-refractivity contribution in [3.05, 3.63) is 188 Å². The second kappa shape index (κ2) is 11.9. The Morgan fingerprint density at radius 2 is 0.922 bits per heavy atom. The van der Waals surface area contributed by atoms with E-state index in [1.807, 2.05) is 36.7 Å². The molecule has 0 atom stereocenters. The summed E-state index contributed by atoms with van der Waals surface area (Å²) in [6, 6.07) is 63.2. The summed E-state index contributed by atoms with van der Waals surface area (Å²) in [5, 5.41) is 7.42. The van der Waals surface area contributed by atoms with Crippen LogP contribution in [0, 0.1) is 0 Å². The maximum Gasteiger partial charge on any atom is 0.0701 e. The van der Waals surface area contributed by atoms with E-state index in [0.29, 0.717) is 0 Å². The van der Waals surface area contributed by atoms with Gasteiger partial charge in [-0.3, -0.25) is 9.97 Å². The van der Waals surface area contributed by atoms with E-state index in [1.54, 1.807) is 0 Å². The number of aromatic nitrogens is 3. The van der Waals surface area contributed by atoms with Gasteiger partial charge < -0.3 is 4.57 Å². The van der Waals surface area contributed by atoms with Gasteiger partial charge in [0.2, 0.25) is 0 Å². The molecular formula is C48H31N3. The third kappa shape index (κ3) is 4.90. The van der Waals surface area contributed by atoms with Crippen LogP contribution >= 0.6 is 0 Å². The van der Waals surface area contributed by atoms with Crippen molar-refractivity contribution in [3.8, 4) is 50.5 Å². The zero-order valence-corrected chi connectivity index (χ0v) is 27.7. The Hall–Kier alpha value is -6.84. The van der Waals surface area contributed by atoms with Crippen LogP contribution in [0.2, 0.25) is 0 Å². The molecule has 10 rings (SSSR count). The van der Waals surface area contributed by atoms with E-state index in [4.69, 9.17) is 0 Å². The van der Waals surface area contributed by atoms with Crippen molar-refractivity contribution in [2.24, 2.45) is 0 Å². The van der Waals surface area contributed by atoms with Crippen molar-refractivity contribution < 1.29 is 0 Å². The Morgan fingerprint density at radius 1 is 0.353 bits per heavy atom. The zero-order chi connectivity index (χ0) is 33.7. The normalized spacial score (nSPS) is 11.5. The lowest BCUT2D eigenvalue weighted by Crippen LogP contribution is -1.96. The van der Waals surface area contributed by atoms with E-state index in [9.17, 15) is 0 Å². The molecule has 0 aliphatic carbocycles. The zero-order valence-electron chi connectivity index (χ0n) is 27.7. The Kier molecular flexibility index (Phi) is 6.81. The second-order valence-corrected chi connectivity index (χ2v) is 13.0. The van der Waals surface area contributed by atoms with Crippen LogP contribution < -0.4 is 0 Å². The fourth-order valence-electron chi connectivity index (χ4n) is 7.68. The number of nitrogens with zero attached hydrogens (tertiary/aromatic N) is 3. The van der Waals surface area contributed by atoms with Crippen LogP contribution in [0.25, 0.3) is 93.8 Å². The van der Waals surface area contributed by atoms with Crippen LogP contribution in [-0.4, -0.2) is 14.5 Å². The Bertz CT molecular complexity index is 2870. The summed E-state index contributed by atoms with van der Waals surface area (Å²) >= 11 is 0. The first-order valence-electron chi connectivity index (χ1n) is 17.3. The molecule has 0 amide bonds. The summed E-state index contributed by atoms with van der Waals surface area (Å²) in [6.07, 6.45) is 3.69. The van der Waals surface area contributed by atoms with Gasteiger partial charge in [0.1, 0.15) is 0 Å². The maximum atomic E-state index is 4.58. The predicted molar refractivity (Wildman–Crippen MR) is 213 cm³/mol. The van der Waals surface area contributed by atoms with Crippen molar-refractivity contribution in [1.29, 1.82) is 0 Å². The van der Waals surface area contributed by atoms with Gasteiger partial charge in [-0.1, -0.05) is 133 Å². The topological polar surface area (TPSA) is 30.7 Å². The molecule has 0 spiro atoms. The van der Waals surface area contributed by atoms with E-state index in [0.717, 1.165) is 22.5 Å². The van der Waals surface area contributed by atoms with Crippen LogP contribution in [0.5, 0.6) is 0 Å². The van der Waals surface area contributed by atoms with E-state index in [2.05, 4.69) is 166 Å². The summed E-state index contributed by atoms with van der Waals surface area (Å²) in [7, 11) is 0. The van der Waals surface area contributed by atoms with Crippen molar-refractivity contribution in [2.45, 2.75) is 0 Å². The first-order chi connectivity index (χ1) is 25.3. The molecule has 0 aliphatic rings. The molecule has 0 bridgehead atoms. The molecule has 3 heterocycles. The lowest BCUT2D eigenvalue weighted by molar-refractivity contribution is 1.20. The molecule has 0 unspecified atom stereocenters. The molecule has 7 aromatic carbocycles. The molecular weight excluding hydrogens is 619 g/mol. The number of rotatable bonds is 5. The molecule has 0 saturated carbocycles. The largest absolute Gasteiger partial charge is 0.309 e. The van der Waals surface area contributed by atoms with Crippen LogP contribution in [0.3, 0.4) is 0 Å². The van der Waals surface area contributed by atoms with Crippen LogP contribution in [0.4, 0.5) is 0 Å². The number of hydrogen-bond acceptors (Lipinski definition) is 2. The number of fused-ring (bicyclic) bond motifs is 6. The van der Waals surface area contributed by atoms with Crippen LogP contribution in [0.1, 0.15) is 0 Å². The quantitative estimate of drug-likeness (QED) is 0.186. The molecule has 0 fully saturated rings. The van der Waals surface area contributed by atoms with E-state index < -0.39 is 0 Å². The summed E-state index contributed by atoms with van der Waals surface area (Å²) in [5.41, 5.74) is 12.4. The Morgan fingerprint density at radius 3 is 1.61 bits per heavy atom. The standard InChI is InChI=1S/C48H31N3/c1-2-12-38-33(10-1)11-9-17-45(38)51-46-30-37(32-18-22-35(23-19-32)43-15-5-7-28-49-43)26-27-41(46)48-40-14-4-3-13-39(40)42(31-47(48)51)34-20-24-36(25-21-34)44-16-6-8-29-50-44/h1-31H. The summed E-state index contributed by atoms with van der Waals surface area (Å²) in [6.45, 7) is 0. The highest BCUT2D eigenvalue weighted by atomic mass is 15.0. The summed E-state index contributed by atoms with van der Waals surface area (Å²) in [4.78, 5) is 9.13. The van der Waals surface area contributed by atoms with E-state index in [1.165, 1.54) is 71.3 Å². The molecule has 3 heteroatoms. The molecule has 238 valence electrons. The Labute approximate surface area is 295 Å². The number of hydrogen-bond donors (Lipinski definition) is 0. The minimum absolute atomic E-state index is 0.975. The van der Waals surface area contributed by atoms with Gasteiger partial charge in [0.15, 0.2) is 0 Å². The first kappa shape index (κ1) is 29.1. The van der Waals surface area contributed by atoms with Gasteiger partial charge >= 0.3 is 0 Å². The maximum absolute atomic E-state index is 4.58. The molecule has 0 radical (unpaired) electrons. The molecule has 0 saturated heterocycles. The predicted octanol–water partition coefficient (Wildman–Crippen LogP) is 12.5. The Balaban J connectivity index is 1.23. The minimum Gasteiger partial charge on any atom is -0.309 e. The molecule has 0 N–H and O–H groups in total. The van der Waals surface area contributed by atoms with Gasteiger partial charge in [0.25, 0.3) is 0 Å². The van der Waals surface area contributed by atoms with Gasteiger partial charge in [-0.25, -0.2) is 0 Å². The fourth-order valence-corrected chi connectivity index (χ4v) is 7.68. The van der Waals surface area contributed by atoms with E-state index in [-0.39, 0.29) is 0 Å². The number of benzene rings is 7. The smallest absolute Gasteiger partial charge is 0.0701 e. The number of pyridine rings is 2.